The van der Waals surface area contributed by atoms with E-state index in [1.807, 2.05) is 0 Å². The summed E-state index contributed by atoms with van der Waals surface area (Å²) in [7, 11) is 0. The van der Waals surface area contributed by atoms with Crippen LogP contribution in [-0.4, -0.2) is 30.6 Å². The number of hydrogen-bond acceptors (Lipinski definition) is 3. The maximum absolute atomic E-state index is 8.33. The van der Waals surface area contributed by atoms with Crippen LogP contribution in [0.15, 0.2) is 0 Å². The van der Waals surface area contributed by atoms with Gasteiger partial charge in [-0.05, 0) is 6.16 Å². The Balaban J connectivity index is -0.0000000450. The molecule has 0 heterocycles. The molecular formula is CO3SbZr+3. The Morgan fingerprint density at radius 2 is 1.33 bits per heavy atom. The molecule has 0 spiro atoms. The molecule has 0 aromatic heterocycles. The number of rotatable bonds is 0. The van der Waals surface area contributed by atoms with Gasteiger partial charge in [0.1, 0.15) is 0 Å². The monoisotopic (exact) mass is 271 g/mol. The maximum atomic E-state index is 8.33. The molecule has 28 valence electrons. The molecule has 0 aliphatic heterocycles. The molecule has 0 aromatic carbocycles. The van der Waals surface area contributed by atoms with E-state index in [1.165, 1.54) is 0 Å². The van der Waals surface area contributed by atoms with Crippen molar-refractivity contribution in [1.82, 2.24) is 0 Å². The Morgan fingerprint density at radius 3 is 1.33 bits per heavy atom. The van der Waals surface area contributed by atoms with Crippen LogP contribution in [0.2, 0.25) is 0 Å². The van der Waals surface area contributed by atoms with Crippen molar-refractivity contribution in [1.29, 1.82) is 0 Å². The molecule has 5 heteroatoms. The minimum atomic E-state index is -2.33. The molecule has 0 aromatic rings. The third kappa shape index (κ3) is 83.1. The molecule has 6 heavy (non-hydrogen) atoms. The second-order valence-corrected chi connectivity index (χ2v) is 0.250. The van der Waals surface area contributed by atoms with Crippen LogP contribution >= 0.6 is 0 Å². The van der Waals surface area contributed by atoms with Crippen LogP contribution in [0.1, 0.15) is 0 Å². The van der Waals surface area contributed by atoms with E-state index in [4.69, 9.17) is 15.0 Å². The van der Waals surface area contributed by atoms with Crippen LogP contribution in [0.4, 0.5) is 4.79 Å². The molecule has 0 aliphatic carbocycles. The number of carbonyl (C=O) groups excluding carboxylic acids is 1. The van der Waals surface area contributed by atoms with Crippen LogP contribution < -0.4 is 10.2 Å². The zero-order valence-corrected chi connectivity index (χ0v) is 7.68. The summed E-state index contributed by atoms with van der Waals surface area (Å²) < 4.78 is 0. The molecule has 0 amide bonds. The van der Waals surface area contributed by atoms with Gasteiger partial charge in [-0.3, -0.25) is 0 Å². The van der Waals surface area contributed by atoms with E-state index in [-0.39, 0.29) is 50.6 Å². The summed E-state index contributed by atoms with van der Waals surface area (Å²) in [5, 5.41) is 16.7. The standard InChI is InChI=1S/CH2O3.Sb.Zr/c2-1(3)4;;/h(H2,2,3,4);;/q;+3;+2/p-2. The van der Waals surface area contributed by atoms with Crippen molar-refractivity contribution in [2.24, 2.45) is 0 Å². The molecule has 0 aliphatic rings. The summed E-state index contributed by atoms with van der Waals surface area (Å²) in [5.74, 6) is 0. The van der Waals surface area contributed by atoms with Crippen LogP contribution in [0.3, 0.4) is 0 Å². The average molecular weight is 273 g/mol. The van der Waals surface area contributed by atoms with Crippen LogP contribution in [-0.2, 0) is 26.2 Å². The van der Waals surface area contributed by atoms with E-state index in [9.17, 15) is 0 Å². The summed E-state index contributed by atoms with van der Waals surface area (Å²) >= 11 is 0. The fourth-order valence-electron chi connectivity index (χ4n) is 0. The number of hydrogen-bond donors (Lipinski definition) is 0. The second-order valence-electron chi connectivity index (χ2n) is 0.250. The normalized spacial score (nSPS) is 4.00. The molecule has 0 unspecified atom stereocenters. The van der Waals surface area contributed by atoms with Crippen molar-refractivity contribution in [3.63, 3.8) is 0 Å². The predicted molar refractivity (Wildman–Crippen MR) is 11.1 cm³/mol. The molecule has 0 bridgehead atoms. The first-order chi connectivity index (χ1) is 1.73. The van der Waals surface area contributed by atoms with E-state index < -0.39 is 6.16 Å². The van der Waals surface area contributed by atoms with Crippen LogP contribution in [0, 0.1) is 0 Å². The van der Waals surface area contributed by atoms with Gasteiger partial charge in [0, 0.05) is 0 Å². The van der Waals surface area contributed by atoms with Gasteiger partial charge in [0.2, 0.25) is 0 Å². The summed E-state index contributed by atoms with van der Waals surface area (Å²) in [4.78, 5) is 8.33. The molecule has 2 radical (unpaired) electrons. The Kier molecular flexibility index (Phi) is 24.6. The first-order valence-corrected chi connectivity index (χ1v) is 0.612. The van der Waals surface area contributed by atoms with Gasteiger partial charge < -0.3 is 15.0 Å². The molecular weight excluding hydrogens is 273 g/mol. The van der Waals surface area contributed by atoms with Crippen molar-refractivity contribution < 1.29 is 41.2 Å². The van der Waals surface area contributed by atoms with Gasteiger partial charge in [0.25, 0.3) is 0 Å². The fraction of sp³-hybridized carbons (Fsp3) is 0. The van der Waals surface area contributed by atoms with Crippen molar-refractivity contribution in [2.45, 2.75) is 0 Å². The van der Waals surface area contributed by atoms with Crippen LogP contribution in [0.25, 0.3) is 0 Å². The van der Waals surface area contributed by atoms with E-state index >= 15 is 0 Å². The van der Waals surface area contributed by atoms with Gasteiger partial charge in [-0.2, -0.15) is 0 Å². The van der Waals surface area contributed by atoms with Gasteiger partial charge >= 0.3 is 50.6 Å². The zero-order valence-electron chi connectivity index (χ0n) is 2.67. The van der Waals surface area contributed by atoms with Crippen molar-refractivity contribution >= 4 is 30.6 Å². The van der Waals surface area contributed by atoms with Gasteiger partial charge in [0.15, 0.2) is 0 Å². The summed E-state index contributed by atoms with van der Waals surface area (Å²) in [6, 6.07) is 0. The molecule has 0 rings (SSSR count). The summed E-state index contributed by atoms with van der Waals surface area (Å²) in [6.45, 7) is 0. The largest absolute Gasteiger partial charge is 3.00 e. The van der Waals surface area contributed by atoms with Gasteiger partial charge in [-0.25, -0.2) is 0 Å². The fourth-order valence-corrected chi connectivity index (χ4v) is 0. The van der Waals surface area contributed by atoms with E-state index in [0.29, 0.717) is 0 Å². The topological polar surface area (TPSA) is 63.2 Å². The Bertz CT molecular complexity index is 33.8. The molecule has 0 N–H and O–H groups in total. The van der Waals surface area contributed by atoms with E-state index in [1.54, 1.807) is 0 Å². The Morgan fingerprint density at radius 1 is 1.33 bits per heavy atom. The quantitative estimate of drug-likeness (QED) is 0.447. The number of carbonyl (C=O) groups is 1. The molecule has 0 fully saturated rings. The van der Waals surface area contributed by atoms with Gasteiger partial charge in [0.05, 0.1) is 0 Å². The predicted octanol–water partition coefficient (Wildman–Crippen LogP) is -2.83. The molecule has 0 atom stereocenters. The first kappa shape index (κ1) is 15.8. The Labute approximate surface area is 71.3 Å². The minimum Gasteiger partial charge on any atom is -0.652 e. The first-order valence-electron chi connectivity index (χ1n) is 0.612. The molecule has 0 saturated heterocycles. The Hall–Kier alpha value is 0.971. The molecule has 3 nitrogen and oxygen atoms in total. The van der Waals surface area contributed by atoms with E-state index in [2.05, 4.69) is 0 Å². The zero-order chi connectivity index (χ0) is 3.58. The van der Waals surface area contributed by atoms with Gasteiger partial charge in [-0.15, -0.1) is 0 Å². The van der Waals surface area contributed by atoms with Gasteiger partial charge in [-0.1, -0.05) is 0 Å². The number of carboxylic acid groups (broad SMARTS) is 2. The second kappa shape index (κ2) is 9.36. The maximum Gasteiger partial charge on any atom is 3.00 e. The average Bonchev–Trinajstić information content (AvgIpc) is 0.811. The third-order valence-electron chi connectivity index (χ3n) is 0. The van der Waals surface area contributed by atoms with Crippen molar-refractivity contribution in [2.75, 3.05) is 0 Å². The SMILES string of the molecule is O=C([O-])[O-].[Sb+3].[Zr+2]. The minimum absolute atomic E-state index is 0. The van der Waals surface area contributed by atoms with Crippen molar-refractivity contribution in [3.05, 3.63) is 0 Å². The smallest absolute Gasteiger partial charge is 0.652 e. The van der Waals surface area contributed by atoms with Crippen LogP contribution in [0.5, 0.6) is 0 Å². The summed E-state index contributed by atoms with van der Waals surface area (Å²) in [6.07, 6.45) is -2.33. The summed E-state index contributed by atoms with van der Waals surface area (Å²) in [5.41, 5.74) is 0. The van der Waals surface area contributed by atoms with E-state index in [0.717, 1.165) is 0 Å². The van der Waals surface area contributed by atoms with Crippen molar-refractivity contribution in [3.8, 4) is 0 Å². The molecule has 0 saturated carbocycles. The third-order valence-corrected chi connectivity index (χ3v) is 0.